The van der Waals surface area contributed by atoms with E-state index in [9.17, 15) is 4.79 Å². The van der Waals surface area contributed by atoms with Gasteiger partial charge in [-0.15, -0.1) is 11.3 Å². The van der Waals surface area contributed by atoms with Gasteiger partial charge in [-0.25, -0.2) is 4.98 Å². The molecule has 0 saturated heterocycles. The third-order valence-electron chi connectivity index (χ3n) is 3.00. The zero-order chi connectivity index (χ0) is 13.3. The van der Waals surface area contributed by atoms with Crippen LogP contribution in [0.5, 0.6) is 0 Å². The largest absolute Gasteiger partial charge is 0.360 e. The summed E-state index contributed by atoms with van der Waals surface area (Å²) in [7, 11) is 0. The van der Waals surface area contributed by atoms with E-state index >= 15 is 0 Å². The Hall–Kier alpha value is -1.78. The van der Waals surface area contributed by atoms with Crippen molar-refractivity contribution in [1.82, 2.24) is 4.98 Å². The highest BCUT2D eigenvalue weighted by Gasteiger charge is 2.33. The zero-order valence-corrected chi connectivity index (χ0v) is 11.3. The average molecular weight is 271 g/mol. The highest BCUT2D eigenvalue weighted by molar-refractivity contribution is 7.18. The molecule has 0 N–H and O–H groups in total. The van der Waals surface area contributed by atoms with Crippen LogP contribution in [-0.4, -0.2) is 17.4 Å². The van der Waals surface area contributed by atoms with Gasteiger partial charge in [-0.05, 0) is 43.4 Å². The maximum atomic E-state index is 11.3. The molecule has 0 amide bonds. The Balaban J connectivity index is 2.12. The van der Waals surface area contributed by atoms with E-state index < -0.39 is 5.60 Å². The van der Waals surface area contributed by atoms with Gasteiger partial charge in [0.1, 0.15) is 5.01 Å². The van der Waals surface area contributed by atoms with Crippen molar-refractivity contribution in [3.8, 4) is 0 Å². The van der Waals surface area contributed by atoms with Gasteiger partial charge in [-0.3, -0.25) is 4.79 Å². The molecule has 1 aromatic heterocycles. The van der Waals surface area contributed by atoms with E-state index in [1.165, 1.54) is 0 Å². The van der Waals surface area contributed by atoms with E-state index in [4.69, 9.17) is 4.74 Å². The van der Waals surface area contributed by atoms with Crippen LogP contribution < -0.4 is 0 Å². The normalized spacial score (nSPS) is 17.2. The van der Waals surface area contributed by atoms with Gasteiger partial charge in [0, 0.05) is 6.61 Å². The lowest BCUT2D eigenvalue weighted by atomic mass is 9.98. The van der Waals surface area contributed by atoms with Gasteiger partial charge in [0.25, 0.3) is 0 Å². The van der Waals surface area contributed by atoms with E-state index in [2.05, 4.69) is 4.98 Å². The topological polar surface area (TPSA) is 39.2 Å². The molecule has 0 radical (unpaired) electrons. The van der Waals surface area contributed by atoms with Crippen molar-refractivity contribution in [2.45, 2.75) is 12.5 Å². The number of nitrogens with zero attached hydrogens (tertiary/aromatic N) is 1. The SMILES string of the molecule is CCOC1(c2nc3ccccc3s2)C=CC(=O)C=C1. The Morgan fingerprint density at radius 1 is 1.26 bits per heavy atom. The monoisotopic (exact) mass is 271 g/mol. The minimum atomic E-state index is -0.702. The number of hydrogen-bond acceptors (Lipinski definition) is 4. The van der Waals surface area contributed by atoms with E-state index in [-0.39, 0.29) is 5.78 Å². The standard InChI is InChI=1S/C15H13NO2S/c1-2-18-15(9-7-11(17)8-10-15)14-16-12-5-3-4-6-13(12)19-14/h3-10H,2H2,1H3. The molecule has 4 heteroatoms. The second-order valence-electron chi connectivity index (χ2n) is 4.28. The fraction of sp³-hybridized carbons (Fsp3) is 0.200. The first-order chi connectivity index (χ1) is 9.23. The van der Waals surface area contributed by atoms with Crippen LogP contribution in [0, 0.1) is 0 Å². The number of fused-ring (bicyclic) bond motifs is 1. The molecular formula is C15H13NO2S. The summed E-state index contributed by atoms with van der Waals surface area (Å²) in [6.07, 6.45) is 6.66. The van der Waals surface area contributed by atoms with E-state index in [1.54, 1.807) is 35.6 Å². The maximum Gasteiger partial charge on any atom is 0.178 e. The molecule has 19 heavy (non-hydrogen) atoms. The number of ether oxygens (including phenoxy) is 1. The van der Waals surface area contributed by atoms with Crippen LogP contribution in [0.1, 0.15) is 11.9 Å². The molecule has 0 atom stereocenters. The molecule has 3 rings (SSSR count). The summed E-state index contributed by atoms with van der Waals surface area (Å²) in [4.78, 5) is 15.9. The summed E-state index contributed by atoms with van der Waals surface area (Å²) in [5.74, 6) is -0.0172. The van der Waals surface area contributed by atoms with E-state index in [0.29, 0.717) is 6.61 Å². The summed E-state index contributed by atoms with van der Waals surface area (Å²) in [5, 5.41) is 0.857. The van der Waals surface area contributed by atoms with Gasteiger partial charge in [-0.1, -0.05) is 12.1 Å². The third kappa shape index (κ3) is 2.13. The molecule has 0 unspecified atom stereocenters. The predicted molar refractivity (Wildman–Crippen MR) is 76.2 cm³/mol. The number of carbonyl (C=O) groups is 1. The number of carbonyl (C=O) groups excluding carboxylic acids is 1. The van der Waals surface area contributed by atoms with Crippen molar-refractivity contribution in [1.29, 1.82) is 0 Å². The van der Waals surface area contributed by atoms with Crippen LogP contribution in [0.3, 0.4) is 0 Å². The Kier molecular flexibility index (Phi) is 3.05. The van der Waals surface area contributed by atoms with Crippen molar-refractivity contribution in [3.05, 3.63) is 53.6 Å². The quantitative estimate of drug-likeness (QED) is 0.860. The first-order valence-electron chi connectivity index (χ1n) is 6.16. The summed E-state index contributed by atoms with van der Waals surface area (Å²) in [6.45, 7) is 2.49. The summed E-state index contributed by atoms with van der Waals surface area (Å²) in [6, 6.07) is 7.98. The molecule has 3 nitrogen and oxygen atoms in total. The predicted octanol–water partition coefficient (Wildman–Crippen LogP) is 3.22. The van der Waals surface area contributed by atoms with Gasteiger partial charge >= 0.3 is 0 Å². The average Bonchev–Trinajstić information content (AvgIpc) is 2.86. The van der Waals surface area contributed by atoms with Crippen LogP contribution in [0.4, 0.5) is 0 Å². The fourth-order valence-corrected chi connectivity index (χ4v) is 3.17. The number of ketones is 1. The van der Waals surface area contributed by atoms with Crippen LogP contribution in [0.2, 0.25) is 0 Å². The Morgan fingerprint density at radius 2 is 2.00 bits per heavy atom. The highest BCUT2D eigenvalue weighted by atomic mass is 32.1. The lowest BCUT2D eigenvalue weighted by Gasteiger charge is -2.26. The minimum Gasteiger partial charge on any atom is -0.360 e. The number of para-hydroxylation sites is 1. The number of aromatic nitrogens is 1. The summed E-state index contributed by atoms with van der Waals surface area (Å²) < 4.78 is 6.98. The molecule has 0 saturated carbocycles. The summed E-state index contributed by atoms with van der Waals surface area (Å²) in [5.41, 5.74) is 0.257. The molecule has 0 bridgehead atoms. The third-order valence-corrected chi connectivity index (χ3v) is 4.17. The van der Waals surface area contributed by atoms with Crippen molar-refractivity contribution in [3.63, 3.8) is 0 Å². The van der Waals surface area contributed by atoms with Crippen molar-refractivity contribution >= 4 is 27.3 Å². The smallest absolute Gasteiger partial charge is 0.178 e. The van der Waals surface area contributed by atoms with Gasteiger partial charge in [0.15, 0.2) is 11.4 Å². The molecule has 1 aliphatic carbocycles. The molecule has 1 heterocycles. The van der Waals surface area contributed by atoms with Gasteiger partial charge in [0.05, 0.1) is 10.2 Å². The summed E-state index contributed by atoms with van der Waals surface area (Å²) >= 11 is 1.59. The number of thiazole rings is 1. The number of rotatable bonds is 3. The van der Waals surface area contributed by atoms with Crippen molar-refractivity contribution < 1.29 is 9.53 Å². The molecule has 2 aromatic rings. The molecule has 0 fully saturated rings. The number of allylic oxidation sites excluding steroid dienone is 2. The first-order valence-corrected chi connectivity index (χ1v) is 6.97. The Morgan fingerprint density at radius 3 is 2.68 bits per heavy atom. The van der Waals surface area contributed by atoms with Crippen molar-refractivity contribution in [2.24, 2.45) is 0 Å². The van der Waals surface area contributed by atoms with E-state index in [0.717, 1.165) is 15.2 Å². The first kappa shape index (κ1) is 12.3. The molecular weight excluding hydrogens is 258 g/mol. The van der Waals surface area contributed by atoms with Crippen LogP contribution >= 0.6 is 11.3 Å². The van der Waals surface area contributed by atoms with E-state index in [1.807, 2.05) is 31.2 Å². The lowest BCUT2D eigenvalue weighted by Crippen LogP contribution is -2.27. The lowest BCUT2D eigenvalue weighted by molar-refractivity contribution is -0.110. The van der Waals surface area contributed by atoms with Gasteiger partial charge in [0.2, 0.25) is 0 Å². The second kappa shape index (κ2) is 4.72. The minimum absolute atomic E-state index is 0.0172. The number of benzene rings is 1. The Labute approximate surface area is 115 Å². The second-order valence-corrected chi connectivity index (χ2v) is 5.31. The van der Waals surface area contributed by atoms with Gasteiger partial charge < -0.3 is 4.74 Å². The molecule has 96 valence electrons. The molecule has 1 aliphatic rings. The van der Waals surface area contributed by atoms with Crippen LogP contribution in [0.15, 0.2) is 48.6 Å². The Bertz CT molecular complexity index is 635. The van der Waals surface area contributed by atoms with Gasteiger partial charge in [-0.2, -0.15) is 0 Å². The number of hydrogen-bond donors (Lipinski definition) is 0. The molecule has 0 aliphatic heterocycles. The van der Waals surface area contributed by atoms with Crippen molar-refractivity contribution in [2.75, 3.05) is 6.61 Å². The van der Waals surface area contributed by atoms with Crippen LogP contribution in [-0.2, 0) is 15.1 Å². The zero-order valence-electron chi connectivity index (χ0n) is 10.5. The van der Waals surface area contributed by atoms with Crippen LogP contribution in [0.25, 0.3) is 10.2 Å². The molecule has 0 spiro atoms. The fourth-order valence-electron chi connectivity index (χ4n) is 2.10. The molecule has 1 aromatic carbocycles. The maximum absolute atomic E-state index is 11.3. The highest BCUT2D eigenvalue weighted by Crippen LogP contribution is 2.36.